The predicted molar refractivity (Wildman–Crippen MR) is 65.4 cm³/mol. The van der Waals surface area contributed by atoms with Gasteiger partial charge in [0.2, 0.25) is 0 Å². The summed E-state index contributed by atoms with van der Waals surface area (Å²) in [5.41, 5.74) is 0.860. The van der Waals surface area contributed by atoms with Crippen LogP contribution in [-0.2, 0) is 20.7 Å². The Hall–Kier alpha value is -1.64. The number of hydrogen-bond donors (Lipinski definition) is 0. The Bertz CT molecular complexity index is 357. The van der Waals surface area contributed by atoms with Gasteiger partial charge in [0.1, 0.15) is 0 Å². The molecule has 3 heteroatoms. The lowest BCUT2D eigenvalue weighted by Crippen LogP contribution is -2.14. The van der Waals surface area contributed by atoms with Crippen LogP contribution in [0.2, 0.25) is 0 Å². The summed E-state index contributed by atoms with van der Waals surface area (Å²) in [6, 6.07) is 9.26. The van der Waals surface area contributed by atoms with Gasteiger partial charge in [-0.3, -0.25) is 9.59 Å². The maximum Gasteiger partial charge on any atom is 0.317 e. The number of carbonyl (C=O) groups excluding carboxylic acids is 2. The monoisotopic (exact) mass is 234 g/mol. The molecule has 3 nitrogen and oxygen atoms in total. The van der Waals surface area contributed by atoms with E-state index in [1.807, 2.05) is 30.3 Å². The molecule has 0 saturated carbocycles. The van der Waals surface area contributed by atoms with Crippen molar-refractivity contribution in [1.82, 2.24) is 0 Å². The topological polar surface area (TPSA) is 43.4 Å². The first kappa shape index (κ1) is 13.4. The van der Waals surface area contributed by atoms with Crippen molar-refractivity contribution in [2.45, 2.75) is 39.0 Å². The van der Waals surface area contributed by atoms with Crippen molar-refractivity contribution in [3.05, 3.63) is 35.9 Å². The Morgan fingerprint density at radius 3 is 2.41 bits per heavy atom. The van der Waals surface area contributed by atoms with Crippen molar-refractivity contribution < 1.29 is 14.3 Å². The van der Waals surface area contributed by atoms with Crippen LogP contribution in [0, 0.1) is 0 Å². The number of unbranched alkanes of at least 4 members (excludes halogenated alkanes) is 2. The fourth-order valence-electron chi connectivity index (χ4n) is 1.50. The maximum atomic E-state index is 11.4. The smallest absolute Gasteiger partial charge is 0.317 e. The molecule has 0 fully saturated rings. The van der Waals surface area contributed by atoms with Gasteiger partial charge in [0.05, 0.1) is 6.42 Å². The third-order valence-corrected chi connectivity index (χ3v) is 2.40. The van der Waals surface area contributed by atoms with Crippen LogP contribution in [0.25, 0.3) is 0 Å². The van der Waals surface area contributed by atoms with Crippen LogP contribution in [0.1, 0.15) is 38.2 Å². The number of esters is 2. The van der Waals surface area contributed by atoms with E-state index >= 15 is 0 Å². The molecule has 0 aliphatic carbocycles. The minimum absolute atomic E-state index is 0.153. The second kappa shape index (κ2) is 7.60. The molecule has 0 spiro atoms. The molecule has 0 atom stereocenters. The highest BCUT2D eigenvalue weighted by Gasteiger charge is 2.10. The maximum absolute atomic E-state index is 11.4. The van der Waals surface area contributed by atoms with E-state index in [9.17, 15) is 9.59 Å². The van der Waals surface area contributed by atoms with Gasteiger partial charge in [0, 0.05) is 6.42 Å². The molecular formula is C14H18O3. The molecule has 0 N–H and O–H groups in total. The van der Waals surface area contributed by atoms with Crippen LogP contribution in [0.5, 0.6) is 0 Å². The fraction of sp³-hybridized carbons (Fsp3) is 0.429. The van der Waals surface area contributed by atoms with E-state index in [2.05, 4.69) is 6.92 Å². The fourth-order valence-corrected chi connectivity index (χ4v) is 1.50. The normalized spacial score (nSPS) is 9.94. The molecule has 0 aliphatic rings. The zero-order valence-electron chi connectivity index (χ0n) is 10.1. The van der Waals surface area contributed by atoms with Crippen molar-refractivity contribution >= 4 is 11.9 Å². The van der Waals surface area contributed by atoms with Gasteiger partial charge in [0.25, 0.3) is 0 Å². The number of carbonyl (C=O) groups is 2. The minimum atomic E-state index is -0.474. The van der Waals surface area contributed by atoms with Gasteiger partial charge in [-0.1, -0.05) is 50.1 Å². The van der Waals surface area contributed by atoms with Gasteiger partial charge in [-0.05, 0) is 12.0 Å². The highest BCUT2D eigenvalue weighted by Crippen LogP contribution is 2.04. The van der Waals surface area contributed by atoms with E-state index in [1.54, 1.807) is 0 Å². The summed E-state index contributed by atoms with van der Waals surface area (Å²) in [6.07, 6.45) is 3.30. The Morgan fingerprint density at radius 1 is 1.06 bits per heavy atom. The van der Waals surface area contributed by atoms with E-state index in [4.69, 9.17) is 4.74 Å². The zero-order valence-corrected chi connectivity index (χ0v) is 10.1. The van der Waals surface area contributed by atoms with E-state index in [-0.39, 0.29) is 6.42 Å². The van der Waals surface area contributed by atoms with Crippen molar-refractivity contribution in [3.63, 3.8) is 0 Å². The van der Waals surface area contributed by atoms with Crippen LogP contribution in [0.15, 0.2) is 30.3 Å². The predicted octanol–water partition coefficient (Wildman–Crippen LogP) is 2.88. The second-order valence-electron chi connectivity index (χ2n) is 3.97. The van der Waals surface area contributed by atoms with Crippen molar-refractivity contribution in [1.29, 1.82) is 0 Å². The highest BCUT2D eigenvalue weighted by atomic mass is 16.6. The van der Waals surface area contributed by atoms with Crippen molar-refractivity contribution in [3.8, 4) is 0 Å². The standard InChI is InChI=1S/C14H18O3/c1-2-3-5-10-13(15)17-14(16)11-12-8-6-4-7-9-12/h4,6-9H,2-3,5,10-11H2,1H3. The minimum Gasteiger partial charge on any atom is -0.393 e. The van der Waals surface area contributed by atoms with Crippen LogP contribution in [0.3, 0.4) is 0 Å². The first-order valence-corrected chi connectivity index (χ1v) is 5.99. The lowest BCUT2D eigenvalue weighted by atomic mass is 10.1. The average molecular weight is 234 g/mol. The summed E-state index contributed by atoms with van der Waals surface area (Å²) in [5.74, 6) is -0.892. The van der Waals surface area contributed by atoms with E-state index in [0.29, 0.717) is 6.42 Å². The third-order valence-electron chi connectivity index (χ3n) is 2.40. The Morgan fingerprint density at radius 2 is 1.76 bits per heavy atom. The SMILES string of the molecule is CCCCCC(=O)OC(=O)Cc1ccccc1. The molecule has 92 valence electrons. The molecule has 0 aromatic heterocycles. The summed E-state index contributed by atoms with van der Waals surface area (Å²) in [7, 11) is 0. The lowest BCUT2D eigenvalue weighted by Gasteiger charge is -2.02. The molecule has 1 aromatic carbocycles. The number of hydrogen-bond acceptors (Lipinski definition) is 3. The Balaban J connectivity index is 2.27. The average Bonchev–Trinajstić information content (AvgIpc) is 2.30. The molecule has 1 rings (SSSR count). The molecule has 1 aromatic rings. The molecule has 0 heterocycles. The first-order valence-electron chi connectivity index (χ1n) is 5.99. The van der Waals surface area contributed by atoms with E-state index < -0.39 is 11.9 Å². The summed E-state index contributed by atoms with van der Waals surface area (Å²) < 4.78 is 4.72. The summed E-state index contributed by atoms with van der Waals surface area (Å²) in [4.78, 5) is 22.7. The van der Waals surface area contributed by atoms with Gasteiger partial charge in [-0.2, -0.15) is 0 Å². The van der Waals surface area contributed by atoms with E-state index in [1.165, 1.54) is 0 Å². The van der Waals surface area contributed by atoms with Crippen molar-refractivity contribution in [2.75, 3.05) is 0 Å². The largest absolute Gasteiger partial charge is 0.393 e. The quantitative estimate of drug-likeness (QED) is 0.432. The van der Waals surface area contributed by atoms with Crippen LogP contribution in [0.4, 0.5) is 0 Å². The molecule has 17 heavy (non-hydrogen) atoms. The number of ether oxygens (including phenoxy) is 1. The summed E-state index contributed by atoms with van der Waals surface area (Å²) in [6.45, 7) is 2.06. The molecular weight excluding hydrogens is 216 g/mol. The van der Waals surface area contributed by atoms with E-state index in [0.717, 1.165) is 24.8 Å². The molecule has 0 amide bonds. The number of rotatable bonds is 6. The summed E-state index contributed by atoms with van der Waals surface area (Å²) in [5, 5.41) is 0. The molecule has 0 aliphatic heterocycles. The molecule has 0 radical (unpaired) electrons. The third kappa shape index (κ3) is 5.85. The molecule has 0 saturated heterocycles. The highest BCUT2D eigenvalue weighted by molar-refractivity contribution is 5.86. The van der Waals surface area contributed by atoms with Crippen LogP contribution in [-0.4, -0.2) is 11.9 Å². The van der Waals surface area contributed by atoms with Crippen LogP contribution < -0.4 is 0 Å². The van der Waals surface area contributed by atoms with Crippen molar-refractivity contribution in [2.24, 2.45) is 0 Å². The van der Waals surface area contributed by atoms with Gasteiger partial charge >= 0.3 is 11.9 Å². The van der Waals surface area contributed by atoms with Crippen LogP contribution >= 0.6 is 0 Å². The summed E-state index contributed by atoms with van der Waals surface area (Å²) >= 11 is 0. The Labute approximate surface area is 102 Å². The zero-order chi connectivity index (χ0) is 12.5. The van der Waals surface area contributed by atoms with Gasteiger partial charge in [0.15, 0.2) is 0 Å². The number of benzene rings is 1. The van der Waals surface area contributed by atoms with Gasteiger partial charge in [-0.25, -0.2) is 0 Å². The second-order valence-corrected chi connectivity index (χ2v) is 3.97. The lowest BCUT2D eigenvalue weighted by molar-refractivity contribution is -0.159. The molecule has 0 bridgehead atoms. The van der Waals surface area contributed by atoms with Gasteiger partial charge in [-0.15, -0.1) is 0 Å². The first-order chi connectivity index (χ1) is 8.22. The Kier molecular flexibility index (Phi) is 6.00. The molecule has 0 unspecified atom stereocenters. The van der Waals surface area contributed by atoms with Gasteiger partial charge < -0.3 is 4.74 Å².